The fourth-order valence-corrected chi connectivity index (χ4v) is 5.44. The van der Waals surface area contributed by atoms with Crippen molar-refractivity contribution in [2.24, 2.45) is 0 Å². The van der Waals surface area contributed by atoms with Crippen LogP contribution in [0.4, 0.5) is 5.13 Å². The van der Waals surface area contributed by atoms with E-state index in [0.717, 1.165) is 31.3 Å². The lowest BCUT2D eigenvalue weighted by atomic mass is 10.2. The average molecular weight is 358 g/mol. The first-order chi connectivity index (χ1) is 10.9. The van der Waals surface area contributed by atoms with Crippen LogP contribution in [0.15, 0.2) is 11.6 Å². The molecule has 1 aromatic rings. The van der Waals surface area contributed by atoms with Gasteiger partial charge in [-0.3, -0.25) is 9.69 Å². The van der Waals surface area contributed by atoms with Crippen LogP contribution in [-0.2, 0) is 14.6 Å². The topological polar surface area (TPSA) is 82.6 Å². The third kappa shape index (κ3) is 4.02. The molecule has 23 heavy (non-hydrogen) atoms. The molecule has 1 amide bonds. The van der Waals surface area contributed by atoms with Crippen LogP contribution in [0, 0.1) is 0 Å². The van der Waals surface area contributed by atoms with Crippen LogP contribution in [0.1, 0.15) is 13.3 Å². The molecule has 128 valence electrons. The molecule has 7 nitrogen and oxygen atoms in total. The maximum atomic E-state index is 12.3. The van der Waals surface area contributed by atoms with Crippen molar-refractivity contribution >= 4 is 32.2 Å². The van der Waals surface area contributed by atoms with Crippen LogP contribution in [0.25, 0.3) is 0 Å². The zero-order chi connectivity index (χ0) is 16.4. The number of sulfone groups is 1. The van der Waals surface area contributed by atoms with Crippen LogP contribution in [0.5, 0.6) is 0 Å². The number of aromatic nitrogens is 1. The molecule has 0 aliphatic carbocycles. The lowest BCUT2D eigenvalue weighted by molar-refractivity contribution is -0.126. The third-order valence-corrected chi connectivity index (χ3v) is 7.11. The summed E-state index contributed by atoms with van der Waals surface area (Å²) in [6, 6.07) is -0.469. The summed E-state index contributed by atoms with van der Waals surface area (Å²) >= 11 is 1.63. The second kappa shape index (κ2) is 6.74. The molecule has 1 N–H and O–H groups in total. The summed E-state index contributed by atoms with van der Waals surface area (Å²) in [7, 11) is -2.96. The van der Waals surface area contributed by atoms with Gasteiger partial charge in [-0.05, 0) is 13.3 Å². The summed E-state index contributed by atoms with van der Waals surface area (Å²) in [4.78, 5) is 21.0. The number of anilines is 1. The normalized spacial score (nSPS) is 26.1. The molecule has 2 aliphatic rings. The molecule has 2 fully saturated rings. The Morgan fingerprint density at radius 1 is 1.39 bits per heavy atom. The molecular weight excluding hydrogens is 336 g/mol. The standard InChI is InChI=1S/C14H22N4O3S2/c1-11(13(19)16-12-2-9-23(20,21)10-12)17-4-6-18(7-5-17)14-15-3-8-22-14/h3,8,11-12H,2,4-7,9-10H2,1H3,(H,16,19). The van der Waals surface area contributed by atoms with Gasteiger partial charge >= 0.3 is 0 Å². The zero-order valence-electron chi connectivity index (χ0n) is 13.1. The Bertz CT molecular complexity index is 639. The number of nitrogens with one attached hydrogen (secondary N) is 1. The van der Waals surface area contributed by atoms with Crippen molar-refractivity contribution in [1.82, 2.24) is 15.2 Å². The van der Waals surface area contributed by atoms with Crippen LogP contribution < -0.4 is 10.2 Å². The highest BCUT2D eigenvalue weighted by molar-refractivity contribution is 7.91. The van der Waals surface area contributed by atoms with Gasteiger partial charge in [-0.25, -0.2) is 13.4 Å². The quantitative estimate of drug-likeness (QED) is 0.813. The monoisotopic (exact) mass is 358 g/mol. The van der Waals surface area contributed by atoms with Gasteiger partial charge in [0.15, 0.2) is 15.0 Å². The molecule has 1 aromatic heterocycles. The number of hydrogen-bond acceptors (Lipinski definition) is 7. The van der Waals surface area contributed by atoms with E-state index < -0.39 is 9.84 Å². The zero-order valence-corrected chi connectivity index (χ0v) is 14.8. The number of piperazine rings is 1. The van der Waals surface area contributed by atoms with Crippen molar-refractivity contribution in [2.75, 3.05) is 42.6 Å². The SMILES string of the molecule is CC(C(=O)NC1CCS(=O)(=O)C1)N1CCN(c2nccs2)CC1. The minimum Gasteiger partial charge on any atom is -0.351 e. The lowest BCUT2D eigenvalue weighted by Crippen LogP contribution is -2.55. The maximum Gasteiger partial charge on any atom is 0.237 e. The average Bonchev–Trinajstić information content (AvgIpc) is 3.16. The number of thiazole rings is 1. The van der Waals surface area contributed by atoms with E-state index >= 15 is 0 Å². The molecule has 2 unspecified atom stereocenters. The van der Waals surface area contributed by atoms with E-state index in [-0.39, 0.29) is 29.5 Å². The van der Waals surface area contributed by atoms with Crippen molar-refractivity contribution < 1.29 is 13.2 Å². The molecule has 2 saturated heterocycles. The van der Waals surface area contributed by atoms with Crippen molar-refractivity contribution in [3.63, 3.8) is 0 Å². The van der Waals surface area contributed by atoms with Gasteiger partial charge in [0, 0.05) is 43.8 Å². The smallest absolute Gasteiger partial charge is 0.237 e. The molecule has 0 spiro atoms. The molecule has 2 aliphatic heterocycles. The fourth-order valence-electron chi connectivity index (χ4n) is 3.07. The van der Waals surface area contributed by atoms with Gasteiger partial charge in [-0.15, -0.1) is 11.3 Å². The van der Waals surface area contributed by atoms with E-state index in [1.165, 1.54) is 0 Å². The Labute approximate surface area is 140 Å². The number of nitrogens with zero attached hydrogens (tertiary/aromatic N) is 3. The van der Waals surface area contributed by atoms with Crippen molar-refractivity contribution in [3.05, 3.63) is 11.6 Å². The molecule has 9 heteroatoms. The fraction of sp³-hybridized carbons (Fsp3) is 0.714. The minimum absolute atomic E-state index is 0.0727. The molecule has 2 atom stereocenters. The van der Waals surface area contributed by atoms with Crippen molar-refractivity contribution in [3.8, 4) is 0 Å². The molecule has 0 aromatic carbocycles. The summed E-state index contributed by atoms with van der Waals surface area (Å²) in [6.07, 6.45) is 2.33. The van der Waals surface area contributed by atoms with Gasteiger partial charge < -0.3 is 10.2 Å². The van der Waals surface area contributed by atoms with E-state index in [0.29, 0.717) is 6.42 Å². The third-order valence-electron chi connectivity index (χ3n) is 4.51. The van der Waals surface area contributed by atoms with E-state index in [1.807, 2.05) is 12.3 Å². The second-order valence-electron chi connectivity index (χ2n) is 6.12. The first-order valence-electron chi connectivity index (χ1n) is 7.84. The Hall–Kier alpha value is -1.19. The van der Waals surface area contributed by atoms with Gasteiger partial charge in [0.25, 0.3) is 0 Å². The maximum absolute atomic E-state index is 12.3. The molecule has 0 saturated carbocycles. The van der Waals surface area contributed by atoms with E-state index in [1.54, 1.807) is 17.5 Å². The lowest BCUT2D eigenvalue weighted by Gasteiger charge is -2.37. The van der Waals surface area contributed by atoms with Crippen molar-refractivity contribution in [1.29, 1.82) is 0 Å². The highest BCUT2D eigenvalue weighted by atomic mass is 32.2. The molecule has 3 heterocycles. The van der Waals surface area contributed by atoms with E-state index in [2.05, 4.69) is 20.1 Å². The Morgan fingerprint density at radius 2 is 2.13 bits per heavy atom. The molecule has 0 radical (unpaired) electrons. The number of hydrogen-bond donors (Lipinski definition) is 1. The number of rotatable bonds is 4. The molecule has 3 rings (SSSR count). The van der Waals surface area contributed by atoms with Crippen LogP contribution in [-0.4, -0.2) is 74.0 Å². The summed E-state index contributed by atoms with van der Waals surface area (Å²) in [5.41, 5.74) is 0. The number of amides is 1. The number of carbonyl (C=O) groups excluding carboxylic acids is 1. The Kier molecular flexibility index (Phi) is 4.88. The summed E-state index contributed by atoms with van der Waals surface area (Å²) in [5, 5.41) is 5.88. The first-order valence-corrected chi connectivity index (χ1v) is 10.5. The predicted molar refractivity (Wildman–Crippen MR) is 90.6 cm³/mol. The molecule has 0 bridgehead atoms. The first kappa shape index (κ1) is 16.7. The Morgan fingerprint density at radius 3 is 2.70 bits per heavy atom. The van der Waals surface area contributed by atoms with Crippen LogP contribution in [0.2, 0.25) is 0 Å². The summed E-state index contributed by atoms with van der Waals surface area (Å²) in [6.45, 7) is 5.19. The van der Waals surface area contributed by atoms with E-state index in [4.69, 9.17) is 0 Å². The van der Waals surface area contributed by atoms with Crippen LogP contribution >= 0.6 is 11.3 Å². The van der Waals surface area contributed by atoms with Gasteiger partial charge in [0.2, 0.25) is 5.91 Å². The minimum atomic E-state index is -2.96. The van der Waals surface area contributed by atoms with Gasteiger partial charge in [0.1, 0.15) is 0 Å². The van der Waals surface area contributed by atoms with Gasteiger partial charge in [0.05, 0.1) is 17.5 Å². The summed E-state index contributed by atoms with van der Waals surface area (Å²) < 4.78 is 22.9. The summed E-state index contributed by atoms with van der Waals surface area (Å²) in [5.74, 6) is 0.178. The number of carbonyl (C=O) groups is 1. The van der Waals surface area contributed by atoms with Gasteiger partial charge in [-0.2, -0.15) is 0 Å². The highest BCUT2D eigenvalue weighted by Crippen LogP contribution is 2.19. The van der Waals surface area contributed by atoms with Gasteiger partial charge in [-0.1, -0.05) is 0 Å². The second-order valence-corrected chi connectivity index (χ2v) is 9.22. The van der Waals surface area contributed by atoms with Crippen molar-refractivity contribution in [2.45, 2.75) is 25.4 Å². The predicted octanol–water partition coefficient (Wildman–Crippen LogP) is -0.0431. The highest BCUT2D eigenvalue weighted by Gasteiger charge is 2.32. The largest absolute Gasteiger partial charge is 0.351 e. The van der Waals surface area contributed by atoms with Crippen LogP contribution in [0.3, 0.4) is 0 Å². The Balaban J connectivity index is 1.49. The van der Waals surface area contributed by atoms with E-state index in [9.17, 15) is 13.2 Å². The molecular formula is C14H22N4O3S2.